The van der Waals surface area contributed by atoms with Crippen molar-refractivity contribution in [2.24, 2.45) is 0 Å². The van der Waals surface area contributed by atoms with Crippen molar-refractivity contribution in [3.8, 4) is 11.1 Å². The maximum absolute atomic E-state index is 13.1. The maximum Gasteiger partial charge on any atom is 0.267 e. The van der Waals surface area contributed by atoms with Crippen LogP contribution in [0.2, 0.25) is 0 Å². The van der Waals surface area contributed by atoms with Gasteiger partial charge >= 0.3 is 0 Å². The third-order valence-corrected chi connectivity index (χ3v) is 5.93. The number of nitrogens with zero attached hydrogens (tertiary/aromatic N) is 1. The minimum Gasteiger partial charge on any atom is -0.245 e. The van der Waals surface area contributed by atoms with E-state index in [2.05, 4.69) is 6.58 Å². The molecular formula is C21H21NO2S. The van der Waals surface area contributed by atoms with Crippen LogP contribution in [0.15, 0.2) is 84.4 Å². The van der Waals surface area contributed by atoms with Crippen LogP contribution >= 0.6 is 0 Å². The normalized spacial score (nSPS) is 11.4. The van der Waals surface area contributed by atoms with Crippen molar-refractivity contribution < 1.29 is 8.42 Å². The van der Waals surface area contributed by atoms with Gasteiger partial charge in [-0.3, -0.25) is 0 Å². The second kappa shape index (κ2) is 7.11. The Kier molecular flexibility index (Phi) is 4.91. The van der Waals surface area contributed by atoms with Gasteiger partial charge in [0.05, 0.1) is 4.90 Å². The van der Waals surface area contributed by atoms with Gasteiger partial charge in [0.2, 0.25) is 0 Å². The van der Waals surface area contributed by atoms with Crippen molar-refractivity contribution in [1.82, 2.24) is 3.97 Å². The first-order chi connectivity index (χ1) is 12.0. The van der Waals surface area contributed by atoms with E-state index in [1.165, 1.54) is 3.97 Å². The monoisotopic (exact) mass is 351 g/mol. The molecule has 0 bridgehead atoms. The van der Waals surface area contributed by atoms with E-state index in [0.29, 0.717) is 17.7 Å². The summed E-state index contributed by atoms with van der Waals surface area (Å²) in [6, 6.07) is 18.7. The Hall–Kier alpha value is -2.59. The van der Waals surface area contributed by atoms with Gasteiger partial charge < -0.3 is 0 Å². The molecule has 4 heteroatoms. The van der Waals surface area contributed by atoms with Crippen molar-refractivity contribution in [1.29, 1.82) is 0 Å². The summed E-state index contributed by atoms with van der Waals surface area (Å²) in [5.74, 6) is 0. The zero-order valence-corrected chi connectivity index (χ0v) is 15.0. The molecule has 0 unspecified atom stereocenters. The molecule has 3 aromatic rings. The smallest absolute Gasteiger partial charge is 0.245 e. The van der Waals surface area contributed by atoms with E-state index in [1.54, 1.807) is 18.3 Å². The highest BCUT2D eigenvalue weighted by molar-refractivity contribution is 7.90. The van der Waals surface area contributed by atoms with Crippen LogP contribution in [0.5, 0.6) is 0 Å². The number of hydrogen-bond donors (Lipinski definition) is 0. The van der Waals surface area contributed by atoms with Crippen LogP contribution < -0.4 is 0 Å². The summed E-state index contributed by atoms with van der Waals surface area (Å²) in [6.07, 6.45) is 4.79. The Bertz CT molecular complexity index is 968. The van der Waals surface area contributed by atoms with Gasteiger partial charge in [-0.25, -0.2) is 12.4 Å². The Morgan fingerprint density at radius 3 is 2.32 bits per heavy atom. The zero-order valence-electron chi connectivity index (χ0n) is 14.2. The van der Waals surface area contributed by atoms with Crippen LogP contribution in [0.25, 0.3) is 11.1 Å². The molecule has 0 saturated heterocycles. The number of benzene rings is 2. The average molecular weight is 351 g/mol. The quantitative estimate of drug-likeness (QED) is 0.597. The minimum absolute atomic E-state index is 0.299. The first-order valence-corrected chi connectivity index (χ1v) is 9.67. The molecule has 0 aliphatic heterocycles. The Labute approximate surface area is 149 Å². The standard InChI is InChI=1S/C21H21NO2S/c1-3-4-10-21-20(18-8-6-5-7-9-18)15-16-22(21)25(23,24)19-13-11-17(2)12-14-19/h3,5-9,11-16H,1,4,10H2,2H3. The van der Waals surface area contributed by atoms with Gasteiger partial charge in [-0.2, -0.15) is 0 Å². The predicted molar refractivity (Wildman–Crippen MR) is 102 cm³/mol. The molecule has 0 radical (unpaired) electrons. The second-order valence-electron chi connectivity index (χ2n) is 5.98. The van der Waals surface area contributed by atoms with Crippen molar-refractivity contribution >= 4 is 10.0 Å². The fourth-order valence-electron chi connectivity index (χ4n) is 2.86. The first-order valence-electron chi connectivity index (χ1n) is 8.23. The van der Waals surface area contributed by atoms with Gasteiger partial charge in [0, 0.05) is 17.5 Å². The third-order valence-electron chi connectivity index (χ3n) is 4.20. The van der Waals surface area contributed by atoms with Gasteiger partial charge in [-0.1, -0.05) is 54.1 Å². The van der Waals surface area contributed by atoms with E-state index in [0.717, 1.165) is 22.4 Å². The zero-order chi connectivity index (χ0) is 17.9. The van der Waals surface area contributed by atoms with E-state index in [4.69, 9.17) is 0 Å². The highest BCUT2D eigenvalue weighted by atomic mass is 32.2. The fourth-order valence-corrected chi connectivity index (χ4v) is 4.27. The van der Waals surface area contributed by atoms with E-state index in [1.807, 2.05) is 61.5 Å². The summed E-state index contributed by atoms with van der Waals surface area (Å²) in [7, 11) is -3.62. The lowest BCUT2D eigenvalue weighted by Gasteiger charge is -2.12. The molecule has 1 heterocycles. The second-order valence-corrected chi connectivity index (χ2v) is 7.80. The third kappa shape index (κ3) is 3.44. The van der Waals surface area contributed by atoms with Crippen LogP contribution in [-0.2, 0) is 16.4 Å². The molecular weight excluding hydrogens is 330 g/mol. The summed E-state index contributed by atoms with van der Waals surface area (Å²) >= 11 is 0. The summed E-state index contributed by atoms with van der Waals surface area (Å²) in [5, 5.41) is 0. The van der Waals surface area contributed by atoms with Gasteiger partial charge in [0.15, 0.2) is 0 Å². The lowest BCUT2D eigenvalue weighted by Crippen LogP contribution is -2.15. The SMILES string of the molecule is C=CCCc1c(-c2ccccc2)ccn1S(=O)(=O)c1ccc(C)cc1. The molecule has 0 fully saturated rings. The van der Waals surface area contributed by atoms with Gasteiger partial charge in [0.1, 0.15) is 0 Å². The van der Waals surface area contributed by atoms with Crippen LogP contribution in [0.1, 0.15) is 17.7 Å². The predicted octanol–water partition coefficient (Wildman–Crippen LogP) is 4.82. The number of aromatic nitrogens is 1. The van der Waals surface area contributed by atoms with E-state index >= 15 is 0 Å². The van der Waals surface area contributed by atoms with Crippen molar-refractivity contribution in [2.45, 2.75) is 24.7 Å². The molecule has 0 aliphatic rings. The highest BCUT2D eigenvalue weighted by Gasteiger charge is 2.22. The highest BCUT2D eigenvalue weighted by Crippen LogP contribution is 2.29. The van der Waals surface area contributed by atoms with E-state index in [9.17, 15) is 8.42 Å². The fraction of sp³-hybridized carbons (Fsp3) is 0.143. The van der Waals surface area contributed by atoms with Crippen molar-refractivity contribution in [2.75, 3.05) is 0 Å². The summed E-state index contributed by atoms with van der Waals surface area (Å²) in [5.41, 5.74) is 3.77. The van der Waals surface area contributed by atoms with Crippen molar-refractivity contribution in [3.05, 3.63) is 90.8 Å². The maximum atomic E-state index is 13.1. The molecule has 0 atom stereocenters. The van der Waals surface area contributed by atoms with E-state index < -0.39 is 10.0 Å². The van der Waals surface area contributed by atoms with Crippen LogP contribution in [0.4, 0.5) is 0 Å². The molecule has 25 heavy (non-hydrogen) atoms. The molecule has 0 saturated carbocycles. The van der Waals surface area contributed by atoms with Gasteiger partial charge in [-0.05, 0) is 43.5 Å². The Balaban J connectivity index is 2.14. The van der Waals surface area contributed by atoms with E-state index in [-0.39, 0.29) is 0 Å². The lowest BCUT2D eigenvalue weighted by atomic mass is 10.0. The lowest BCUT2D eigenvalue weighted by molar-refractivity contribution is 0.585. The molecule has 0 aliphatic carbocycles. The average Bonchev–Trinajstić information content (AvgIpc) is 3.05. The van der Waals surface area contributed by atoms with Crippen LogP contribution in [0.3, 0.4) is 0 Å². The molecule has 0 N–H and O–H groups in total. The molecule has 3 rings (SSSR count). The first kappa shape index (κ1) is 17.2. The topological polar surface area (TPSA) is 39.1 Å². The van der Waals surface area contributed by atoms with Gasteiger partial charge in [0.25, 0.3) is 10.0 Å². The number of aryl methyl sites for hydroxylation is 1. The Morgan fingerprint density at radius 1 is 1.00 bits per heavy atom. The summed E-state index contributed by atoms with van der Waals surface area (Å²) < 4.78 is 27.6. The van der Waals surface area contributed by atoms with Crippen molar-refractivity contribution in [3.63, 3.8) is 0 Å². The van der Waals surface area contributed by atoms with Crippen LogP contribution in [0, 0.1) is 6.92 Å². The van der Waals surface area contributed by atoms with Crippen LogP contribution in [-0.4, -0.2) is 12.4 Å². The molecule has 2 aromatic carbocycles. The molecule has 0 amide bonds. The molecule has 1 aromatic heterocycles. The number of allylic oxidation sites excluding steroid dienone is 1. The summed E-state index contributed by atoms with van der Waals surface area (Å²) in [6.45, 7) is 5.70. The molecule has 3 nitrogen and oxygen atoms in total. The largest absolute Gasteiger partial charge is 0.267 e. The molecule has 128 valence electrons. The molecule has 0 spiro atoms. The van der Waals surface area contributed by atoms with Gasteiger partial charge in [-0.15, -0.1) is 6.58 Å². The number of hydrogen-bond acceptors (Lipinski definition) is 2. The Morgan fingerprint density at radius 2 is 1.68 bits per heavy atom. The minimum atomic E-state index is -3.62. The number of rotatable bonds is 6. The summed E-state index contributed by atoms with van der Waals surface area (Å²) in [4.78, 5) is 0.299.